The Hall–Kier alpha value is -0.800. The molecule has 0 bridgehead atoms. The molecule has 0 unspecified atom stereocenters. The Bertz CT molecular complexity index is 531. The van der Waals surface area contributed by atoms with Crippen molar-refractivity contribution in [3.63, 3.8) is 0 Å². The van der Waals surface area contributed by atoms with Gasteiger partial charge >= 0.3 is 6.18 Å². The van der Waals surface area contributed by atoms with E-state index in [1.165, 1.54) is 6.07 Å². The summed E-state index contributed by atoms with van der Waals surface area (Å²) < 4.78 is 62.3. The molecule has 9 heteroatoms. The minimum Gasteiger partial charge on any atom is -0.329 e. The second kappa shape index (κ2) is 5.45. The smallest absolute Gasteiger partial charge is 0.329 e. The van der Waals surface area contributed by atoms with Crippen molar-refractivity contribution in [2.75, 3.05) is 17.0 Å². The maximum atomic E-state index is 12.6. The lowest BCUT2D eigenvalue weighted by Crippen LogP contribution is -2.22. The van der Waals surface area contributed by atoms with Gasteiger partial charge in [-0.2, -0.15) is 13.2 Å². The zero-order valence-corrected chi connectivity index (χ0v) is 11.4. The van der Waals surface area contributed by atoms with Crippen LogP contribution in [0.25, 0.3) is 0 Å². The second-order valence-electron chi connectivity index (χ2n) is 3.40. The molecule has 0 amide bonds. The highest BCUT2D eigenvalue weighted by Crippen LogP contribution is 2.36. The molecule has 0 aliphatic heterocycles. The minimum atomic E-state index is -4.56. The van der Waals surface area contributed by atoms with E-state index in [2.05, 4.69) is 15.9 Å². The number of halogens is 4. The third kappa shape index (κ3) is 4.14. The Balaban J connectivity index is 3.07. The molecule has 3 N–H and O–H groups in total. The van der Waals surface area contributed by atoms with Crippen molar-refractivity contribution >= 4 is 31.6 Å². The maximum absolute atomic E-state index is 12.6. The Morgan fingerprint density at radius 3 is 2.44 bits per heavy atom. The topological polar surface area (TPSA) is 72.2 Å². The van der Waals surface area contributed by atoms with Crippen molar-refractivity contribution in [2.24, 2.45) is 5.73 Å². The monoisotopic (exact) mass is 346 g/mol. The first-order chi connectivity index (χ1) is 8.15. The molecule has 1 rings (SSSR count). The molecule has 0 spiro atoms. The van der Waals surface area contributed by atoms with Gasteiger partial charge in [-0.1, -0.05) is 15.9 Å². The van der Waals surface area contributed by atoms with Gasteiger partial charge in [0.25, 0.3) is 0 Å². The quantitative estimate of drug-likeness (QED) is 0.877. The molecule has 0 aliphatic carbocycles. The summed E-state index contributed by atoms with van der Waals surface area (Å²) in [6.07, 6.45) is -4.56. The van der Waals surface area contributed by atoms with E-state index in [0.717, 1.165) is 12.1 Å². The van der Waals surface area contributed by atoms with Crippen molar-refractivity contribution in [3.8, 4) is 0 Å². The molecule has 102 valence electrons. The average Bonchev–Trinajstić information content (AvgIpc) is 2.18. The summed E-state index contributed by atoms with van der Waals surface area (Å²) in [5.74, 6) is -0.357. The van der Waals surface area contributed by atoms with Gasteiger partial charge in [0, 0.05) is 16.7 Å². The Labute approximate surface area is 111 Å². The van der Waals surface area contributed by atoms with Gasteiger partial charge in [0.15, 0.2) is 0 Å². The van der Waals surface area contributed by atoms with E-state index in [9.17, 15) is 21.6 Å². The van der Waals surface area contributed by atoms with Crippen LogP contribution in [0.4, 0.5) is 18.9 Å². The zero-order valence-electron chi connectivity index (χ0n) is 8.96. The molecule has 1 aromatic rings. The summed E-state index contributed by atoms with van der Waals surface area (Å²) in [4.78, 5) is 0. The van der Waals surface area contributed by atoms with E-state index in [4.69, 9.17) is 5.73 Å². The van der Waals surface area contributed by atoms with Crippen molar-refractivity contribution in [2.45, 2.75) is 6.18 Å². The van der Waals surface area contributed by atoms with Gasteiger partial charge in [0.05, 0.1) is 11.3 Å². The molecule has 0 aromatic heterocycles. The first-order valence-electron chi connectivity index (χ1n) is 4.73. The molecular formula is C9H10BrF3N2O2S. The fourth-order valence-corrected chi connectivity index (χ4v) is 2.56. The minimum absolute atomic E-state index is 0.113. The second-order valence-corrected chi connectivity index (χ2v) is 6.10. The molecule has 0 heterocycles. The van der Waals surface area contributed by atoms with Gasteiger partial charge in [-0.25, -0.2) is 8.42 Å². The molecule has 4 nitrogen and oxygen atoms in total. The number of nitrogens with one attached hydrogen (secondary N) is 1. The molecule has 0 radical (unpaired) electrons. The molecule has 0 fully saturated rings. The van der Waals surface area contributed by atoms with Gasteiger partial charge in [-0.3, -0.25) is 4.72 Å². The van der Waals surface area contributed by atoms with Gasteiger partial charge < -0.3 is 5.73 Å². The lowest BCUT2D eigenvalue weighted by atomic mass is 10.2. The highest BCUT2D eigenvalue weighted by Gasteiger charge is 2.33. The summed E-state index contributed by atoms with van der Waals surface area (Å²) in [6, 6.07) is 3.08. The number of nitrogens with two attached hydrogens (primary N) is 1. The van der Waals surface area contributed by atoms with E-state index >= 15 is 0 Å². The van der Waals surface area contributed by atoms with Gasteiger partial charge in [0.1, 0.15) is 0 Å². The number of alkyl halides is 3. The van der Waals surface area contributed by atoms with E-state index in [0.29, 0.717) is 0 Å². The lowest BCUT2D eigenvalue weighted by molar-refractivity contribution is -0.138. The van der Waals surface area contributed by atoms with Crippen LogP contribution in [0.2, 0.25) is 0 Å². The average molecular weight is 347 g/mol. The van der Waals surface area contributed by atoms with E-state index in [1.807, 2.05) is 4.72 Å². The first kappa shape index (κ1) is 15.3. The highest BCUT2D eigenvalue weighted by atomic mass is 79.9. The molecule has 0 atom stereocenters. The Morgan fingerprint density at radius 2 is 1.94 bits per heavy atom. The molecule has 0 saturated heterocycles. The van der Waals surface area contributed by atoms with Crippen LogP contribution in [0.5, 0.6) is 0 Å². The first-order valence-corrected chi connectivity index (χ1v) is 7.17. The fraction of sp³-hybridized carbons (Fsp3) is 0.333. The summed E-state index contributed by atoms with van der Waals surface area (Å²) in [5, 5.41) is 0. The van der Waals surface area contributed by atoms with Crippen molar-refractivity contribution in [3.05, 3.63) is 28.2 Å². The fourth-order valence-electron chi connectivity index (χ4n) is 1.19. The summed E-state index contributed by atoms with van der Waals surface area (Å²) >= 11 is 2.76. The van der Waals surface area contributed by atoms with Crippen LogP contribution in [0.15, 0.2) is 22.7 Å². The largest absolute Gasteiger partial charge is 0.417 e. The summed E-state index contributed by atoms with van der Waals surface area (Å²) in [7, 11) is -3.72. The number of hydrogen-bond donors (Lipinski definition) is 2. The number of benzene rings is 1. The molecule has 1 aromatic carbocycles. The van der Waals surface area contributed by atoms with Crippen LogP contribution in [0.1, 0.15) is 5.56 Å². The van der Waals surface area contributed by atoms with Crippen LogP contribution < -0.4 is 10.5 Å². The summed E-state index contributed by atoms with van der Waals surface area (Å²) in [6.45, 7) is -0.113. The zero-order chi connectivity index (χ0) is 14.0. The van der Waals surface area contributed by atoms with Crippen LogP contribution in [0, 0.1) is 0 Å². The molecular weight excluding hydrogens is 337 g/mol. The van der Waals surface area contributed by atoms with Gasteiger partial charge in [0.2, 0.25) is 10.0 Å². The standard InChI is InChI=1S/C9H10BrF3N2O2S/c10-8-2-1-6(5-7(8)9(11,12)13)15-18(16,17)4-3-14/h1-2,5,15H,3-4,14H2. The molecule has 0 aliphatic rings. The molecule has 0 saturated carbocycles. The van der Waals surface area contributed by atoms with E-state index < -0.39 is 21.8 Å². The third-order valence-corrected chi connectivity index (χ3v) is 3.94. The number of rotatable bonds is 4. The van der Waals surface area contributed by atoms with E-state index in [-0.39, 0.29) is 22.5 Å². The summed E-state index contributed by atoms with van der Waals surface area (Å²) in [5.41, 5.74) is 3.98. The third-order valence-electron chi connectivity index (χ3n) is 1.93. The molecule has 18 heavy (non-hydrogen) atoms. The van der Waals surface area contributed by atoms with Crippen LogP contribution >= 0.6 is 15.9 Å². The Kier molecular flexibility index (Phi) is 4.62. The number of anilines is 1. The maximum Gasteiger partial charge on any atom is 0.417 e. The van der Waals surface area contributed by atoms with Crippen molar-refractivity contribution in [1.82, 2.24) is 0 Å². The highest BCUT2D eigenvalue weighted by molar-refractivity contribution is 9.10. The lowest BCUT2D eigenvalue weighted by Gasteiger charge is -2.12. The predicted octanol–water partition coefficient (Wildman–Crippen LogP) is 2.17. The Morgan fingerprint density at radius 1 is 1.33 bits per heavy atom. The normalized spacial score (nSPS) is 12.5. The van der Waals surface area contributed by atoms with Crippen molar-refractivity contribution in [1.29, 1.82) is 0 Å². The number of sulfonamides is 1. The van der Waals surface area contributed by atoms with Crippen molar-refractivity contribution < 1.29 is 21.6 Å². The SMILES string of the molecule is NCCS(=O)(=O)Nc1ccc(Br)c(C(F)(F)F)c1. The van der Waals surface area contributed by atoms with Gasteiger partial charge in [-0.15, -0.1) is 0 Å². The van der Waals surface area contributed by atoms with E-state index in [1.54, 1.807) is 0 Å². The predicted molar refractivity (Wildman–Crippen MR) is 65.6 cm³/mol. The number of hydrogen-bond acceptors (Lipinski definition) is 3. The van der Waals surface area contributed by atoms with Gasteiger partial charge in [-0.05, 0) is 18.2 Å². The van der Waals surface area contributed by atoms with Crippen LogP contribution in [-0.4, -0.2) is 20.7 Å². The van der Waals surface area contributed by atoms with Crippen LogP contribution in [0.3, 0.4) is 0 Å². The van der Waals surface area contributed by atoms with Crippen LogP contribution in [-0.2, 0) is 16.2 Å².